The lowest BCUT2D eigenvalue weighted by molar-refractivity contribution is -0.110. The molecule has 3 aromatic rings. The highest BCUT2D eigenvalue weighted by Crippen LogP contribution is 2.40. The highest BCUT2D eigenvalue weighted by molar-refractivity contribution is 6.36. The van der Waals surface area contributed by atoms with Crippen LogP contribution in [-0.4, -0.2) is 39.3 Å². The van der Waals surface area contributed by atoms with Gasteiger partial charge < -0.3 is 19.7 Å². The molecule has 5 rings (SSSR count). The van der Waals surface area contributed by atoms with Crippen LogP contribution < -0.4 is 15.0 Å². The average molecular weight is 513 g/mol. The number of ether oxygens (including phenoxy) is 2. The van der Waals surface area contributed by atoms with Gasteiger partial charge in [0, 0.05) is 35.5 Å². The number of fused-ring (bicyclic) bond motifs is 1. The Balaban J connectivity index is 1.44. The van der Waals surface area contributed by atoms with Crippen LogP contribution in [0.25, 0.3) is 16.7 Å². The molecule has 5 nitrogen and oxygen atoms in total. The number of methoxy groups -OCH3 is 1. The van der Waals surface area contributed by atoms with Gasteiger partial charge in [-0.25, -0.2) is 4.39 Å². The molecule has 8 heteroatoms. The minimum absolute atomic E-state index is 0.00551. The minimum atomic E-state index is -0.542. The van der Waals surface area contributed by atoms with Gasteiger partial charge in [0.25, 0.3) is 5.91 Å². The number of morpholine rings is 1. The maximum Gasteiger partial charge on any atom is 0.256 e. The van der Waals surface area contributed by atoms with Crippen LogP contribution >= 0.6 is 23.2 Å². The van der Waals surface area contributed by atoms with E-state index in [1.807, 2.05) is 18.2 Å². The van der Waals surface area contributed by atoms with Crippen LogP contribution in [0.2, 0.25) is 10.0 Å². The average Bonchev–Trinajstić information content (AvgIpc) is 3.16. The molecule has 3 aromatic carbocycles. The van der Waals surface area contributed by atoms with Gasteiger partial charge in [0.1, 0.15) is 0 Å². The first kappa shape index (κ1) is 23.7. The maximum atomic E-state index is 14.2. The van der Waals surface area contributed by atoms with Crippen molar-refractivity contribution < 1.29 is 18.7 Å². The summed E-state index contributed by atoms with van der Waals surface area (Å²) in [6.07, 6.45) is 2.10. The number of allylic oxidation sites excluding steroid dienone is 1. The third-order valence-electron chi connectivity index (χ3n) is 6.25. The van der Waals surface area contributed by atoms with Gasteiger partial charge in [-0.2, -0.15) is 0 Å². The molecule has 0 radical (unpaired) electrons. The highest BCUT2D eigenvalue weighted by Gasteiger charge is 2.26. The van der Waals surface area contributed by atoms with Crippen molar-refractivity contribution in [1.82, 2.24) is 0 Å². The molecule has 1 saturated heterocycles. The first-order chi connectivity index (χ1) is 16.9. The van der Waals surface area contributed by atoms with Gasteiger partial charge in [-0.05, 0) is 53.9 Å². The van der Waals surface area contributed by atoms with Crippen molar-refractivity contribution in [3.63, 3.8) is 0 Å². The Morgan fingerprint density at radius 2 is 1.80 bits per heavy atom. The number of halogens is 3. The van der Waals surface area contributed by atoms with Crippen LogP contribution in [0, 0.1) is 5.82 Å². The predicted molar refractivity (Wildman–Crippen MR) is 138 cm³/mol. The van der Waals surface area contributed by atoms with E-state index in [2.05, 4.69) is 22.3 Å². The molecule has 2 aliphatic heterocycles. The second kappa shape index (κ2) is 9.90. The Morgan fingerprint density at radius 3 is 2.49 bits per heavy atom. The fraction of sp³-hybridized carbons (Fsp3) is 0.222. The number of carbonyl (C=O) groups is 1. The molecule has 0 saturated carbocycles. The van der Waals surface area contributed by atoms with Gasteiger partial charge >= 0.3 is 0 Å². The Labute approximate surface area is 213 Å². The van der Waals surface area contributed by atoms with E-state index in [1.54, 1.807) is 18.2 Å². The van der Waals surface area contributed by atoms with Gasteiger partial charge in [-0.1, -0.05) is 41.4 Å². The molecule has 0 bridgehead atoms. The number of benzene rings is 3. The quantitative estimate of drug-likeness (QED) is 0.412. The summed E-state index contributed by atoms with van der Waals surface area (Å²) < 4.78 is 24.6. The smallest absolute Gasteiger partial charge is 0.256 e. The van der Waals surface area contributed by atoms with E-state index in [0.717, 1.165) is 48.7 Å². The van der Waals surface area contributed by atoms with E-state index < -0.39 is 5.82 Å². The van der Waals surface area contributed by atoms with Crippen molar-refractivity contribution in [3.8, 4) is 16.9 Å². The predicted octanol–water partition coefficient (Wildman–Crippen LogP) is 6.22. The number of carbonyl (C=O) groups excluding carboxylic acids is 1. The number of nitrogens with one attached hydrogen (secondary N) is 1. The zero-order valence-corrected chi connectivity index (χ0v) is 20.5. The lowest BCUT2D eigenvalue weighted by Crippen LogP contribution is -2.36. The van der Waals surface area contributed by atoms with Crippen molar-refractivity contribution in [2.75, 3.05) is 43.6 Å². The third kappa shape index (κ3) is 4.74. The summed E-state index contributed by atoms with van der Waals surface area (Å²) in [4.78, 5) is 15.0. The van der Waals surface area contributed by atoms with E-state index in [4.69, 9.17) is 32.7 Å². The summed E-state index contributed by atoms with van der Waals surface area (Å²) in [5.74, 6) is -0.763. The minimum Gasteiger partial charge on any atom is -0.492 e. The van der Waals surface area contributed by atoms with Gasteiger partial charge in [0.05, 0.1) is 36.1 Å². The fourth-order valence-electron chi connectivity index (χ4n) is 4.45. The molecule has 1 fully saturated rings. The zero-order chi connectivity index (χ0) is 24.5. The molecule has 2 heterocycles. The summed E-state index contributed by atoms with van der Waals surface area (Å²) in [7, 11) is 1.37. The fourth-order valence-corrected chi connectivity index (χ4v) is 5.03. The van der Waals surface area contributed by atoms with Gasteiger partial charge in [0.2, 0.25) is 0 Å². The molecule has 180 valence electrons. The lowest BCUT2D eigenvalue weighted by atomic mass is 9.98. The number of rotatable bonds is 5. The Hall–Kier alpha value is -3.06. The van der Waals surface area contributed by atoms with Gasteiger partial charge in [-0.3, -0.25) is 4.79 Å². The molecule has 0 spiro atoms. The number of hydrogen-bond acceptors (Lipinski definition) is 4. The van der Waals surface area contributed by atoms with Crippen molar-refractivity contribution in [3.05, 3.63) is 81.6 Å². The van der Waals surface area contributed by atoms with Crippen LogP contribution in [0.1, 0.15) is 11.1 Å². The van der Waals surface area contributed by atoms with E-state index in [0.29, 0.717) is 28.3 Å². The molecule has 0 unspecified atom stereocenters. The normalized spacial score (nSPS) is 16.4. The van der Waals surface area contributed by atoms with Crippen LogP contribution in [0.4, 0.5) is 15.8 Å². The summed E-state index contributed by atoms with van der Waals surface area (Å²) in [6.45, 7) is 3.18. The monoisotopic (exact) mass is 512 g/mol. The van der Waals surface area contributed by atoms with Crippen LogP contribution in [0.15, 0.2) is 54.6 Å². The second-order valence-corrected chi connectivity index (χ2v) is 9.21. The number of amides is 1. The third-order valence-corrected chi connectivity index (χ3v) is 6.84. The van der Waals surface area contributed by atoms with E-state index in [9.17, 15) is 9.18 Å². The summed E-state index contributed by atoms with van der Waals surface area (Å²) >= 11 is 12.7. The number of anilines is 2. The molecule has 0 atom stereocenters. The number of hydrogen-bond donors (Lipinski definition) is 1. The Morgan fingerprint density at radius 1 is 1.06 bits per heavy atom. The standard InChI is InChI=1S/C27H23Cl2FN2O3/c1-34-26-23(29)12-16(13-24(26)30)2-7-19-21-14-20(22(28)15-25(21)31-27(19)33)17-3-5-18(6-4-17)32-8-10-35-11-9-32/h3-7,12-15H,2,8-11H2,1H3,(H,31,33). The van der Waals surface area contributed by atoms with Crippen molar-refractivity contribution in [1.29, 1.82) is 0 Å². The van der Waals surface area contributed by atoms with E-state index in [-0.39, 0.29) is 16.7 Å². The molecule has 0 aliphatic carbocycles. The van der Waals surface area contributed by atoms with E-state index >= 15 is 0 Å². The van der Waals surface area contributed by atoms with Crippen LogP contribution in [-0.2, 0) is 16.0 Å². The Kier molecular flexibility index (Phi) is 6.69. The molecule has 2 aliphatic rings. The Bertz CT molecular complexity index is 1300. The molecule has 0 aromatic heterocycles. The molecular formula is C27H23Cl2FN2O3. The maximum absolute atomic E-state index is 14.2. The molecule has 1 amide bonds. The molecular weight excluding hydrogens is 490 g/mol. The second-order valence-electron chi connectivity index (χ2n) is 8.39. The topological polar surface area (TPSA) is 50.8 Å². The van der Waals surface area contributed by atoms with Gasteiger partial charge in [0.15, 0.2) is 11.6 Å². The summed E-state index contributed by atoms with van der Waals surface area (Å²) in [6, 6.07) is 14.9. The van der Waals surface area contributed by atoms with E-state index in [1.165, 1.54) is 13.2 Å². The van der Waals surface area contributed by atoms with Crippen LogP contribution in [0.5, 0.6) is 5.75 Å². The lowest BCUT2D eigenvalue weighted by Gasteiger charge is -2.29. The first-order valence-corrected chi connectivity index (χ1v) is 12.0. The highest BCUT2D eigenvalue weighted by atomic mass is 35.5. The van der Waals surface area contributed by atoms with Gasteiger partial charge in [-0.15, -0.1) is 0 Å². The summed E-state index contributed by atoms with van der Waals surface area (Å²) in [5, 5.41) is 3.60. The molecule has 35 heavy (non-hydrogen) atoms. The van der Waals surface area contributed by atoms with Crippen molar-refractivity contribution in [2.45, 2.75) is 6.42 Å². The summed E-state index contributed by atoms with van der Waals surface area (Å²) in [5.41, 5.74) is 5.48. The first-order valence-electron chi connectivity index (χ1n) is 11.2. The zero-order valence-electron chi connectivity index (χ0n) is 19.0. The largest absolute Gasteiger partial charge is 0.492 e. The number of nitrogens with zero attached hydrogens (tertiary/aromatic N) is 1. The van der Waals surface area contributed by atoms with Crippen molar-refractivity contribution >= 4 is 46.1 Å². The van der Waals surface area contributed by atoms with Crippen LogP contribution in [0.3, 0.4) is 0 Å². The molecule has 1 N–H and O–H groups in total. The van der Waals surface area contributed by atoms with Crippen molar-refractivity contribution in [2.24, 2.45) is 0 Å². The SMILES string of the molecule is COc1c(F)cc(CC=C2C(=O)Nc3cc(Cl)c(-c4ccc(N5CCOCC5)cc4)cc32)cc1Cl.